The van der Waals surface area contributed by atoms with Crippen LogP contribution >= 0.6 is 0 Å². The highest BCUT2D eigenvalue weighted by molar-refractivity contribution is 7.93. The Morgan fingerprint density at radius 3 is 2.52 bits per heavy atom. The molecule has 2 N–H and O–H groups in total. The highest BCUT2D eigenvalue weighted by Gasteiger charge is 2.31. The highest BCUT2D eigenvalue weighted by Crippen LogP contribution is 2.34. The third-order valence-corrected chi connectivity index (χ3v) is 8.81. The molecule has 1 saturated carbocycles. The maximum atomic E-state index is 14.7. The fourth-order valence-corrected chi connectivity index (χ4v) is 6.12. The van der Waals surface area contributed by atoms with Crippen LogP contribution in [0.2, 0.25) is 0 Å². The van der Waals surface area contributed by atoms with Crippen molar-refractivity contribution >= 4 is 57.6 Å². The lowest BCUT2D eigenvalue weighted by molar-refractivity contribution is 0.594. The van der Waals surface area contributed by atoms with E-state index in [1.807, 2.05) is 0 Å². The van der Waals surface area contributed by atoms with Gasteiger partial charge in [-0.15, -0.1) is 0 Å². The largest absolute Gasteiger partial charge is 0.352 e. The van der Waals surface area contributed by atoms with Gasteiger partial charge in [-0.1, -0.05) is 23.7 Å². The van der Waals surface area contributed by atoms with Crippen LogP contribution in [0, 0.1) is 5.82 Å². The number of pyridine rings is 1. The molecule has 14 heteroatoms. The molecule has 0 saturated heterocycles. The molecule has 2 aromatic carbocycles. The molecule has 6 rings (SSSR count). The predicted octanol–water partition coefficient (Wildman–Crippen LogP) is 1.61. The molecule has 1 aliphatic heterocycles. The number of anilines is 3. The van der Waals surface area contributed by atoms with Crippen LogP contribution in [0.15, 0.2) is 80.1 Å². The Labute approximate surface area is 240 Å². The molecule has 1 aliphatic carbocycles. The number of halogens is 1. The number of dihydropyridines is 1. The van der Waals surface area contributed by atoms with Crippen molar-refractivity contribution in [3.8, 4) is 5.69 Å². The average molecular weight is 586 g/mol. The molecule has 4 aromatic rings. The molecule has 2 aliphatic rings. The number of aromatic nitrogens is 3. The van der Waals surface area contributed by atoms with Gasteiger partial charge in [0.2, 0.25) is 10.0 Å². The lowest BCUT2D eigenvalue weighted by Gasteiger charge is -2.20. The van der Waals surface area contributed by atoms with E-state index in [4.69, 9.17) is 7.85 Å². The third kappa shape index (κ3) is 4.87. The Hall–Kier alpha value is -4.72. The molecule has 2 aromatic heterocycles. The topological polar surface area (TPSA) is 137 Å². The Morgan fingerprint density at radius 1 is 1.05 bits per heavy atom. The van der Waals surface area contributed by atoms with Crippen LogP contribution < -0.4 is 32.3 Å². The number of nitrogens with zero attached hydrogens (tertiary/aromatic N) is 4. The van der Waals surface area contributed by atoms with Gasteiger partial charge in [0.25, 0.3) is 11.1 Å². The number of aryl methyl sites for hydroxylation is 1. The maximum Gasteiger partial charge on any atom is 0.337 e. The van der Waals surface area contributed by atoms with Crippen molar-refractivity contribution in [2.75, 3.05) is 16.6 Å². The molecule has 1 unspecified atom stereocenters. The normalized spacial score (nSPS) is 16.6. The molecule has 0 spiro atoms. The minimum absolute atomic E-state index is 0.00594. The third-order valence-electron chi connectivity index (χ3n) is 7.19. The van der Waals surface area contributed by atoms with Gasteiger partial charge in [-0.25, -0.2) is 22.2 Å². The van der Waals surface area contributed by atoms with Gasteiger partial charge in [0.15, 0.2) is 0 Å². The van der Waals surface area contributed by atoms with Crippen molar-refractivity contribution in [3.05, 3.63) is 97.7 Å². The summed E-state index contributed by atoms with van der Waals surface area (Å²) in [6.07, 6.45) is 5.82. The Bertz CT molecular complexity index is 2110. The van der Waals surface area contributed by atoms with E-state index in [0.717, 1.165) is 21.3 Å². The molecule has 0 bridgehead atoms. The first-order chi connectivity index (χ1) is 20.0. The molecule has 42 heavy (non-hydrogen) atoms. The van der Waals surface area contributed by atoms with Crippen LogP contribution in [0.5, 0.6) is 0 Å². The van der Waals surface area contributed by atoms with Crippen molar-refractivity contribution in [2.45, 2.75) is 24.1 Å². The maximum absolute atomic E-state index is 14.7. The summed E-state index contributed by atoms with van der Waals surface area (Å²) < 4.78 is 46.7. The quantitative estimate of drug-likeness (QED) is 0.316. The summed E-state index contributed by atoms with van der Waals surface area (Å²) in [6, 6.07) is 10.9. The van der Waals surface area contributed by atoms with E-state index in [1.54, 1.807) is 18.2 Å². The fourth-order valence-electron chi connectivity index (χ4n) is 4.94. The van der Waals surface area contributed by atoms with Crippen molar-refractivity contribution in [1.82, 2.24) is 13.7 Å². The summed E-state index contributed by atoms with van der Waals surface area (Å²) in [7, 11) is 3.21. The molecule has 1 atom stereocenters. The van der Waals surface area contributed by atoms with Gasteiger partial charge >= 0.3 is 5.69 Å². The summed E-state index contributed by atoms with van der Waals surface area (Å²) in [5.74, 6) is -0.696. The van der Waals surface area contributed by atoms with Crippen LogP contribution in [0.1, 0.15) is 18.9 Å². The molecule has 0 amide bonds. The number of allylic oxidation sites excluding steroid dienone is 1. The fraction of sp³-hybridized carbons (Fsp3) is 0.214. The van der Waals surface area contributed by atoms with Crippen molar-refractivity contribution in [2.24, 2.45) is 12.0 Å². The number of hydrogen-bond donors (Lipinski definition) is 2. The average Bonchev–Trinajstić information content (AvgIpc) is 3.78. The zero-order valence-electron chi connectivity index (χ0n) is 22.3. The van der Waals surface area contributed by atoms with Crippen molar-refractivity contribution < 1.29 is 12.8 Å². The summed E-state index contributed by atoms with van der Waals surface area (Å²) >= 11 is 0. The Morgan fingerprint density at radius 2 is 1.83 bits per heavy atom. The first-order valence-electron chi connectivity index (χ1n) is 13.1. The van der Waals surface area contributed by atoms with Crippen molar-refractivity contribution in [1.29, 1.82) is 0 Å². The van der Waals surface area contributed by atoms with Crippen LogP contribution in [0.3, 0.4) is 0 Å². The number of rotatable bonds is 7. The monoisotopic (exact) mass is 586 g/mol. The molecule has 212 valence electrons. The van der Waals surface area contributed by atoms with Gasteiger partial charge in [0, 0.05) is 25.4 Å². The van der Waals surface area contributed by atoms with Gasteiger partial charge in [-0.3, -0.25) is 28.4 Å². The van der Waals surface area contributed by atoms with Gasteiger partial charge in [0.1, 0.15) is 29.9 Å². The van der Waals surface area contributed by atoms with Crippen LogP contribution in [-0.2, 0) is 17.1 Å². The minimum Gasteiger partial charge on any atom is -0.352 e. The van der Waals surface area contributed by atoms with Gasteiger partial charge in [-0.2, -0.15) is 0 Å². The number of hydrogen-bond acceptors (Lipinski definition) is 7. The van der Waals surface area contributed by atoms with E-state index in [0.29, 0.717) is 12.8 Å². The second kappa shape index (κ2) is 10.3. The first-order valence-corrected chi connectivity index (χ1v) is 14.6. The lowest BCUT2D eigenvalue weighted by Crippen LogP contribution is -2.41. The zero-order valence-corrected chi connectivity index (χ0v) is 23.1. The summed E-state index contributed by atoms with van der Waals surface area (Å²) in [5.41, 5.74) is -1.38. The summed E-state index contributed by atoms with van der Waals surface area (Å²) in [6.45, 7) is 0.0639. The Kier molecular flexibility index (Phi) is 6.72. The number of fused-ring (bicyclic) bond motifs is 1. The Balaban J connectivity index is 1.57. The standard InChI is InChI=1S/C28H24BFN6O5S/c1-34-24(37)14-23(32-22-10-7-16(29)12-21(22)30)25-26(34)35(28(39)36(27(25)38)18-8-9-18)19-5-2-4-17(13-19)33-42(40,41)20-6-3-11-31-15-20/h2-7,10-14,18,20,32-33H,8-9,15H2,1H3. The molecular weight excluding hydrogens is 562 g/mol. The van der Waals surface area contributed by atoms with E-state index >= 15 is 0 Å². The van der Waals surface area contributed by atoms with Gasteiger partial charge < -0.3 is 5.32 Å². The SMILES string of the molecule is [B]c1ccc(Nc2cc(=O)n(C)c3c2c(=O)n(C2CC2)c(=O)n3-c2cccc(NS(=O)(=O)C3C=CC=NC3)c2)c(F)c1. The summed E-state index contributed by atoms with van der Waals surface area (Å²) in [5, 5.41) is 1.94. The predicted molar refractivity (Wildman–Crippen MR) is 161 cm³/mol. The van der Waals surface area contributed by atoms with E-state index in [1.165, 1.54) is 48.2 Å². The van der Waals surface area contributed by atoms with Crippen LogP contribution in [-0.4, -0.2) is 48.0 Å². The number of sulfonamides is 1. The van der Waals surface area contributed by atoms with Gasteiger partial charge in [-0.05, 0) is 49.2 Å². The van der Waals surface area contributed by atoms with Crippen molar-refractivity contribution in [3.63, 3.8) is 0 Å². The second-order valence-corrected chi connectivity index (χ2v) is 12.1. The summed E-state index contributed by atoms with van der Waals surface area (Å²) in [4.78, 5) is 44.9. The molecular formula is C28H24BFN6O5S. The molecule has 2 radical (unpaired) electrons. The lowest BCUT2D eigenvalue weighted by atomic mass is 9.96. The zero-order chi connectivity index (χ0) is 29.8. The molecule has 3 heterocycles. The van der Waals surface area contributed by atoms with Crippen LogP contribution in [0.25, 0.3) is 16.7 Å². The molecule has 11 nitrogen and oxygen atoms in total. The second-order valence-electron chi connectivity index (χ2n) is 10.2. The first kappa shape index (κ1) is 27.5. The van der Waals surface area contributed by atoms with E-state index in [9.17, 15) is 27.2 Å². The highest BCUT2D eigenvalue weighted by atomic mass is 32.2. The van der Waals surface area contributed by atoms with Crippen LogP contribution in [0.4, 0.5) is 21.5 Å². The van der Waals surface area contributed by atoms with E-state index in [2.05, 4.69) is 15.0 Å². The number of nitrogens with one attached hydrogen (secondary N) is 2. The van der Waals surface area contributed by atoms with Gasteiger partial charge in [0.05, 0.1) is 29.3 Å². The van der Waals surface area contributed by atoms with E-state index < -0.39 is 37.9 Å². The number of aliphatic imine (C=N–C) groups is 1. The number of benzene rings is 2. The smallest absolute Gasteiger partial charge is 0.337 e. The minimum atomic E-state index is -3.87. The molecule has 1 fully saturated rings. The van der Waals surface area contributed by atoms with E-state index in [-0.39, 0.29) is 51.8 Å².